The van der Waals surface area contributed by atoms with Crippen LogP contribution in [0.5, 0.6) is 0 Å². The number of aryl methyl sites for hydroxylation is 1. The van der Waals surface area contributed by atoms with Crippen molar-refractivity contribution in [1.82, 2.24) is 9.97 Å². The fraction of sp³-hybridized carbons (Fsp3) is 0.429. The summed E-state index contributed by atoms with van der Waals surface area (Å²) in [5.74, 6) is 0. The smallest absolute Gasteiger partial charge is 0.309 e. The van der Waals surface area contributed by atoms with E-state index in [1.165, 1.54) is 6.20 Å². The number of rotatable bonds is 2. The molecule has 60 valence electrons. The first-order valence-corrected chi connectivity index (χ1v) is 4.27. The Bertz CT molecular complexity index is 295. The summed E-state index contributed by atoms with van der Waals surface area (Å²) in [6, 6.07) is 0. The minimum atomic E-state index is -0.281. The molecule has 1 aromatic heterocycles. The molecule has 0 bridgehead atoms. The van der Waals surface area contributed by atoms with Crippen LogP contribution in [0.3, 0.4) is 0 Å². The fourth-order valence-corrected chi connectivity index (χ4v) is 1.25. The zero-order valence-electron chi connectivity index (χ0n) is 6.22. The molecule has 0 atom stereocenters. The standard InChI is InChI=1S/C7H9BrN2O/c1-2-3-6-5(8)4-9-7(11)10-6/h4H,2-3H2,1H3,(H,9,10,11). The number of hydrogen-bond acceptors (Lipinski definition) is 2. The summed E-state index contributed by atoms with van der Waals surface area (Å²) >= 11 is 3.30. The molecule has 11 heavy (non-hydrogen) atoms. The van der Waals surface area contributed by atoms with Crippen molar-refractivity contribution in [2.24, 2.45) is 0 Å². The highest BCUT2D eigenvalue weighted by atomic mass is 79.9. The number of hydrogen-bond donors (Lipinski definition) is 1. The van der Waals surface area contributed by atoms with Crippen molar-refractivity contribution in [2.75, 3.05) is 0 Å². The number of aromatic nitrogens is 2. The van der Waals surface area contributed by atoms with Crippen LogP contribution in [0, 0.1) is 0 Å². The summed E-state index contributed by atoms with van der Waals surface area (Å²) in [6.07, 6.45) is 3.42. The van der Waals surface area contributed by atoms with Crippen LogP contribution in [0.2, 0.25) is 0 Å². The van der Waals surface area contributed by atoms with Crippen LogP contribution >= 0.6 is 15.9 Å². The number of nitrogens with zero attached hydrogens (tertiary/aromatic N) is 1. The molecular formula is C7H9BrN2O. The van der Waals surface area contributed by atoms with Crippen LogP contribution in [0.15, 0.2) is 15.5 Å². The molecule has 0 radical (unpaired) electrons. The topological polar surface area (TPSA) is 45.8 Å². The molecule has 0 aliphatic rings. The zero-order valence-corrected chi connectivity index (χ0v) is 7.81. The Kier molecular flexibility index (Phi) is 2.82. The van der Waals surface area contributed by atoms with Gasteiger partial charge in [0.2, 0.25) is 0 Å². The first kappa shape index (κ1) is 8.46. The molecule has 0 unspecified atom stereocenters. The molecule has 1 aromatic rings. The normalized spacial score (nSPS) is 10.0. The quantitative estimate of drug-likeness (QED) is 0.815. The van der Waals surface area contributed by atoms with Gasteiger partial charge in [-0.3, -0.25) is 0 Å². The van der Waals surface area contributed by atoms with E-state index in [-0.39, 0.29) is 5.69 Å². The molecule has 0 aliphatic carbocycles. The van der Waals surface area contributed by atoms with Gasteiger partial charge in [-0.2, -0.15) is 0 Å². The van der Waals surface area contributed by atoms with E-state index in [1.807, 2.05) is 0 Å². The van der Waals surface area contributed by atoms with E-state index in [2.05, 4.69) is 32.8 Å². The maximum absolute atomic E-state index is 10.7. The molecule has 4 heteroatoms. The van der Waals surface area contributed by atoms with E-state index < -0.39 is 0 Å². The van der Waals surface area contributed by atoms with Crippen molar-refractivity contribution >= 4 is 15.9 Å². The van der Waals surface area contributed by atoms with Crippen molar-refractivity contribution in [3.05, 3.63) is 26.8 Å². The maximum Gasteiger partial charge on any atom is 0.345 e. The molecule has 0 aromatic carbocycles. The Morgan fingerprint density at radius 2 is 2.45 bits per heavy atom. The molecule has 0 spiro atoms. The van der Waals surface area contributed by atoms with E-state index in [0.717, 1.165) is 23.0 Å². The first-order valence-electron chi connectivity index (χ1n) is 3.47. The second kappa shape index (κ2) is 3.67. The van der Waals surface area contributed by atoms with Crippen LogP contribution in [0.4, 0.5) is 0 Å². The minimum Gasteiger partial charge on any atom is -0.309 e. The van der Waals surface area contributed by atoms with Crippen molar-refractivity contribution in [1.29, 1.82) is 0 Å². The molecule has 1 rings (SSSR count). The predicted octanol–water partition coefficient (Wildman–Crippen LogP) is 1.48. The Balaban J connectivity index is 3.02. The highest BCUT2D eigenvalue weighted by molar-refractivity contribution is 9.10. The minimum absolute atomic E-state index is 0.281. The second-order valence-electron chi connectivity index (χ2n) is 2.26. The van der Waals surface area contributed by atoms with Gasteiger partial charge >= 0.3 is 5.69 Å². The van der Waals surface area contributed by atoms with Crippen LogP contribution in [0.25, 0.3) is 0 Å². The third kappa shape index (κ3) is 2.15. The van der Waals surface area contributed by atoms with Crippen LogP contribution in [-0.2, 0) is 6.42 Å². The van der Waals surface area contributed by atoms with Crippen LogP contribution in [-0.4, -0.2) is 9.97 Å². The van der Waals surface area contributed by atoms with E-state index >= 15 is 0 Å². The zero-order chi connectivity index (χ0) is 8.27. The largest absolute Gasteiger partial charge is 0.345 e. The molecule has 3 nitrogen and oxygen atoms in total. The summed E-state index contributed by atoms with van der Waals surface area (Å²) < 4.78 is 0.874. The predicted molar refractivity (Wildman–Crippen MR) is 46.6 cm³/mol. The second-order valence-corrected chi connectivity index (χ2v) is 3.12. The van der Waals surface area contributed by atoms with Gasteiger partial charge in [-0.25, -0.2) is 9.78 Å². The summed E-state index contributed by atoms with van der Waals surface area (Å²) in [6.45, 7) is 2.06. The van der Waals surface area contributed by atoms with Crippen molar-refractivity contribution in [2.45, 2.75) is 19.8 Å². The highest BCUT2D eigenvalue weighted by Gasteiger charge is 1.98. The van der Waals surface area contributed by atoms with Gasteiger partial charge in [0, 0.05) is 11.9 Å². The van der Waals surface area contributed by atoms with E-state index in [9.17, 15) is 4.79 Å². The molecule has 0 fully saturated rings. The molecule has 0 saturated heterocycles. The average Bonchev–Trinajstić information content (AvgIpc) is 1.98. The van der Waals surface area contributed by atoms with Gasteiger partial charge in [-0.15, -0.1) is 0 Å². The lowest BCUT2D eigenvalue weighted by molar-refractivity contribution is 0.850. The fourth-order valence-electron chi connectivity index (χ4n) is 0.846. The molecular weight excluding hydrogens is 208 g/mol. The molecule has 1 heterocycles. The van der Waals surface area contributed by atoms with Crippen molar-refractivity contribution in [3.63, 3.8) is 0 Å². The van der Waals surface area contributed by atoms with Gasteiger partial charge in [0.15, 0.2) is 0 Å². The summed E-state index contributed by atoms with van der Waals surface area (Å²) in [4.78, 5) is 17.0. The summed E-state index contributed by atoms with van der Waals surface area (Å²) in [5, 5.41) is 0. The Labute approximate surface area is 73.0 Å². The SMILES string of the molecule is CCCc1[nH]c(=O)ncc1Br. The lowest BCUT2D eigenvalue weighted by atomic mass is 10.2. The number of halogens is 1. The van der Waals surface area contributed by atoms with Gasteiger partial charge in [0.1, 0.15) is 0 Å². The molecule has 0 saturated carbocycles. The number of H-pyrrole nitrogens is 1. The maximum atomic E-state index is 10.7. The monoisotopic (exact) mass is 216 g/mol. The van der Waals surface area contributed by atoms with E-state index in [1.54, 1.807) is 0 Å². The highest BCUT2D eigenvalue weighted by Crippen LogP contribution is 2.11. The van der Waals surface area contributed by atoms with Gasteiger partial charge in [-0.05, 0) is 22.4 Å². The third-order valence-corrected chi connectivity index (χ3v) is 2.02. The molecule has 0 amide bonds. The number of aromatic amines is 1. The van der Waals surface area contributed by atoms with Gasteiger partial charge in [-0.1, -0.05) is 13.3 Å². The first-order chi connectivity index (χ1) is 5.24. The number of nitrogens with one attached hydrogen (secondary N) is 1. The van der Waals surface area contributed by atoms with E-state index in [4.69, 9.17) is 0 Å². The Morgan fingerprint density at radius 1 is 1.73 bits per heavy atom. The lowest BCUT2D eigenvalue weighted by Gasteiger charge is -1.99. The van der Waals surface area contributed by atoms with Crippen LogP contribution < -0.4 is 5.69 Å². The Hall–Kier alpha value is -0.640. The molecule has 0 aliphatic heterocycles. The Morgan fingerprint density at radius 3 is 3.09 bits per heavy atom. The van der Waals surface area contributed by atoms with Crippen molar-refractivity contribution in [3.8, 4) is 0 Å². The summed E-state index contributed by atoms with van der Waals surface area (Å²) in [7, 11) is 0. The van der Waals surface area contributed by atoms with Crippen LogP contribution in [0.1, 0.15) is 19.0 Å². The third-order valence-electron chi connectivity index (χ3n) is 1.34. The molecule has 1 N–H and O–H groups in total. The van der Waals surface area contributed by atoms with Gasteiger partial charge in [0.05, 0.1) is 4.47 Å². The lowest BCUT2D eigenvalue weighted by Crippen LogP contribution is -2.12. The van der Waals surface area contributed by atoms with Gasteiger partial charge < -0.3 is 4.98 Å². The van der Waals surface area contributed by atoms with E-state index in [0.29, 0.717) is 0 Å². The summed E-state index contributed by atoms with van der Waals surface area (Å²) in [5.41, 5.74) is 0.643. The average molecular weight is 217 g/mol. The van der Waals surface area contributed by atoms with Gasteiger partial charge in [0.25, 0.3) is 0 Å². The van der Waals surface area contributed by atoms with Crippen molar-refractivity contribution < 1.29 is 0 Å².